The van der Waals surface area contributed by atoms with Crippen LogP contribution in [0.25, 0.3) is 0 Å². The third-order valence-corrected chi connectivity index (χ3v) is 6.60. The summed E-state index contributed by atoms with van der Waals surface area (Å²) >= 11 is 0. The van der Waals surface area contributed by atoms with E-state index in [0.717, 1.165) is 28.6 Å². The SMILES string of the molecule is Cc1cc(C(=O)Cn2cc([N+](=O)[O-])ccc2=O)c(C)n1[C@@H]1CCS(=O)(=O)C1. The summed E-state index contributed by atoms with van der Waals surface area (Å²) in [7, 11) is -3.07. The minimum absolute atomic E-state index is 0.0430. The Hall–Kier alpha value is -2.75. The molecule has 144 valence electrons. The fourth-order valence-corrected chi connectivity index (χ4v) is 5.29. The summed E-state index contributed by atoms with van der Waals surface area (Å²) in [5.74, 6) is -0.194. The van der Waals surface area contributed by atoms with E-state index in [1.54, 1.807) is 19.9 Å². The topological polar surface area (TPSA) is 121 Å². The normalized spacial score (nSPS) is 18.5. The molecule has 1 aliphatic rings. The fraction of sp³-hybridized carbons (Fsp3) is 0.412. The summed E-state index contributed by atoms with van der Waals surface area (Å²) < 4.78 is 26.4. The number of carbonyl (C=O) groups is 1. The zero-order valence-electron chi connectivity index (χ0n) is 14.9. The Morgan fingerprint density at radius 1 is 1.33 bits per heavy atom. The lowest BCUT2D eigenvalue weighted by atomic mass is 10.1. The molecule has 0 amide bonds. The number of pyridine rings is 1. The van der Waals surface area contributed by atoms with Gasteiger partial charge in [-0.1, -0.05) is 0 Å². The summed E-state index contributed by atoms with van der Waals surface area (Å²) in [6, 6.07) is 3.61. The number of aromatic nitrogens is 2. The molecule has 0 aromatic carbocycles. The molecule has 0 bridgehead atoms. The minimum Gasteiger partial charge on any atom is -0.344 e. The highest BCUT2D eigenvalue weighted by Gasteiger charge is 2.31. The zero-order valence-corrected chi connectivity index (χ0v) is 15.7. The van der Waals surface area contributed by atoms with Gasteiger partial charge in [-0.25, -0.2) is 8.42 Å². The zero-order chi connectivity index (χ0) is 19.9. The first-order valence-corrected chi connectivity index (χ1v) is 10.2. The van der Waals surface area contributed by atoms with Crippen LogP contribution in [0.2, 0.25) is 0 Å². The molecule has 1 atom stereocenters. The Kier molecular flexibility index (Phi) is 4.77. The van der Waals surface area contributed by atoms with E-state index in [9.17, 15) is 28.1 Å². The van der Waals surface area contributed by atoms with Crippen LogP contribution in [-0.2, 0) is 16.4 Å². The molecule has 0 radical (unpaired) electrons. The summed E-state index contributed by atoms with van der Waals surface area (Å²) in [4.78, 5) is 34.9. The molecule has 2 aromatic rings. The lowest BCUT2D eigenvalue weighted by Gasteiger charge is -2.16. The first-order chi connectivity index (χ1) is 12.6. The third kappa shape index (κ3) is 3.70. The Labute approximate surface area is 155 Å². The molecule has 1 fully saturated rings. The van der Waals surface area contributed by atoms with Gasteiger partial charge in [0.25, 0.3) is 11.2 Å². The Bertz CT molecular complexity index is 1100. The number of hydrogen-bond donors (Lipinski definition) is 0. The van der Waals surface area contributed by atoms with E-state index >= 15 is 0 Å². The van der Waals surface area contributed by atoms with E-state index in [1.165, 1.54) is 0 Å². The van der Waals surface area contributed by atoms with Crippen molar-refractivity contribution in [2.45, 2.75) is 32.9 Å². The van der Waals surface area contributed by atoms with Crippen LogP contribution in [0, 0.1) is 24.0 Å². The van der Waals surface area contributed by atoms with Gasteiger partial charge >= 0.3 is 0 Å². The molecular weight excluding hydrogens is 374 g/mol. The lowest BCUT2D eigenvalue weighted by molar-refractivity contribution is -0.385. The van der Waals surface area contributed by atoms with Crippen LogP contribution in [0.15, 0.2) is 29.2 Å². The Balaban J connectivity index is 1.91. The van der Waals surface area contributed by atoms with Crippen LogP contribution in [0.5, 0.6) is 0 Å². The quantitative estimate of drug-likeness (QED) is 0.430. The molecule has 2 aromatic heterocycles. The number of ketones is 1. The van der Waals surface area contributed by atoms with Crippen molar-refractivity contribution in [3.05, 3.63) is 61.8 Å². The lowest BCUT2D eigenvalue weighted by Crippen LogP contribution is -2.23. The highest BCUT2D eigenvalue weighted by Crippen LogP contribution is 2.29. The number of nitro groups is 1. The van der Waals surface area contributed by atoms with Crippen molar-refractivity contribution >= 4 is 21.3 Å². The van der Waals surface area contributed by atoms with Crippen molar-refractivity contribution in [2.75, 3.05) is 11.5 Å². The van der Waals surface area contributed by atoms with Gasteiger partial charge in [-0.3, -0.25) is 19.7 Å². The van der Waals surface area contributed by atoms with Crippen LogP contribution in [0.1, 0.15) is 34.2 Å². The molecule has 27 heavy (non-hydrogen) atoms. The van der Waals surface area contributed by atoms with E-state index < -0.39 is 20.3 Å². The van der Waals surface area contributed by atoms with Crippen molar-refractivity contribution in [1.29, 1.82) is 0 Å². The summed E-state index contributed by atoms with van der Waals surface area (Å²) in [5, 5.41) is 10.9. The van der Waals surface area contributed by atoms with Crippen molar-refractivity contribution in [3.63, 3.8) is 0 Å². The molecule has 0 unspecified atom stereocenters. The molecule has 3 heterocycles. The summed E-state index contributed by atoms with van der Waals surface area (Å²) in [6.07, 6.45) is 1.54. The van der Waals surface area contributed by atoms with Crippen molar-refractivity contribution < 1.29 is 18.1 Å². The van der Waals surface area contributed by atoms with Crippen molar-refractivity contribution in [3.8, 4) is 0 Å². The van der Waals surface area contributed by atoms with E-state index in [1.807, 2.05) is 4.57 Å². The molecule has 1 aliphatic heterocycles. The number of Topliss-reactive ketones (excluding diaryl/α,β-unsaturated/α-hetero) is 1. The van der Waals surface area contributed by atoms with Crippen LogP contribution in [-0.4, -0.2) is 39.8 Å². The third-order valence-electron chi connectivity index (χ3n) is 4.85. The monoisotopic (exact) mass is 393 g/mol. The van der Waals surface area contributed by atoms with E-state index in [-0.39, 0.29) is 35.6 Å². The van der Waals surface area contributed by atoms with Crippen LogP contribution >= 0.6 is 0 Å². The van der Waals surface area contributed by atoms with Gasteiger partial charge in [-0.05, 0) is 26.3 Å². The fourth-order valence-electron chi connectivity index (χ4n) is 3.59. The molecule has 1 saturated heterocycles. The predicted molar refractivity (Wildman–Crippen MR) is 97.9 cm³/mol. The molecular formula is C17H19N3O6S. The smallest absolute Gasteiger partial charge is 0.285 e. The van der Waals surface area contributed by atoms with E-state index in [4.69, 9.17) is 0 Å². The van der Waals surface area contributed by atoms with Gasteiger partial charge in [-0.15, -0.1) is 0 Å². The first kappa shape index (κ1) is 19.0. The molecule has 3 rings (SSSR count). The van der Waals surface area contributed by atoms with E-state index in [2.05, 4.69) is 0 Å². The highest BCUT2D eigenvalue weighted by molar-refractivity contribution is 7.91. The maximum absolute atomic E-state index is 12.7. The molecule has 0 saturated carbocycles. The van der Waals surface area contributed by atoms with Gasteiger partial charge in [0.2, 0.25) is 0 Å². The molecule has 9 nitrogen and oxygen atoms in total. The number of carbonyl (C=O) groups excluding carboxylic acids is 1. The number of hydrogen-bond acceptors (Lipinski definition) is 6. The average Bonchev–Trinajstić information content (AvgIpc) is 3.07. The van der Waals surface area contributed by atoms with Crippen LogP contribution in [0.3, 0.4) is 0 Å². The largest absolute Gasteiger partial charge is 0.344 e. The van der Waals surface area contributed by atoms with Gasteiger partial charge in [0.1, 0.15) is 0 Å². The molecule has 0 aliphatic carbocycles. The predicted octanol–water partition coefficient (Wildman–Crippen LogP) is 1.42. The van der Waals surface area contributed by atoms with Crippen LogP contribution < -0.4 is 5.56 Å². The number of rotatable bonds is 5. The van der Waals surface area contributed by atoms with Crippen molar-refractivity contribution in [1.82, 2.24) is 9.13 Å². The van der Waals surface area contributed by atoms with Gasteiger partial charge in [0.05, 0.1) is 29.2 Å². The molecule has 0 spiro atoms. The number of aryl methyl sites for hydroxylation is 1. The maximum Gasteiger partial charge on any atom is 0.285 e. The Morgan fingerprint density at radius 3 is 2.63 bits per heavy atom. The number of sulfone groups is 1. The van der Waals surface area contributed by atoms with Gasteiger partial charge < -0.3 is 9.13 Å². The second-order valence-corrected chi connectivity index (χ2v) is 8.97. The van der Waals surface area contributed by atoms with Gasteiger partial charge in [-0.2, -0.15) is 0 Å². The molecule has 0 N–H and O–H groups in total. The average molecular weight is 393 g/mol. The molecule has 10 heteroatoms. The van der Waals surface area contributed by atoms with Crippen molar-refractivity contribution in [2.24, 2.45) is 0 Å². The van der Waals surface area contributed by atoms with E-state index in [0.29, 0.717) is 17.7 Å². The van der Waals surface area contributed by atoms with Crippen LogP contribution in [0.4, 0.5) is 5.69 Å². The second kappa shape index (κ2) is 6.76. The van der Waals surface area contributed by atoms with Gasteiger partial charge in [0.15, 0.2) is 15.6 Å². The summed E-state index contributed by atoms with van der Waals surface area (Å²) in [5.41, 5.74) is 1.01. The van der Waals surface area contributed by atoms with Gasteiger partial charge in [0, 0.05) is 35.1 Å². The highest BCUT2D eigenvalue weighted by atomic mass is 32.2. The standard InChI is InChI=1S/C17H19N3O6S/c1-11-7-15(12(2)19(11)14-5-6-27(25,26)10-14)16(21)9-18-8-13(20(23)24)3-4-17(18)22/h3-4,7-8,14H,5-6,9-10H2,1-2H3/t14-/m1/s1. The summed E-state index contributed by atoms with van der Waals surface area (Å²) in [6.45, 7) is 3.21. The Morgan fingerprint density at radius 2 is 2.04 bits per heavy atom. The minimum atomic E-state index is -3.07. The number of nitrogens with zero attached hydrogens (tertiary/aromatic N) is 3. The second-order valence-electron chi connectivity index (χ2n) is 6.75. The first-order valence-electron chi connectivity index (χ1n) is 8.36. The maximum atomic E-state index is 12.7.